The summed E-state index contributed by atoms with van der Waals surface area (Å²) in [6, 6.07) is 9.14. The molecule has 2 heteroatoms. The van der Waals surface area contributed by atoms with E-state index in [1.165, 1.54) is 24.0 Å². The molecule has 1 unspecified atom stereocenters. The largest absolute Gasteiger partial charge is 0.378 e. The normalized spacial score (nSPS) is 21.6. The van der Waals surface area contributed by atoms with Crippen LogP contribution in [-0.4, -0.2) is 19.3 Å². The molecule has 1 N–H and O–H groups in total. The van der Waals surface area contributed by atoms with Crippen molar-refractivity contribution in [1.29, 1.82) is 0 Å². The monoisotopic (exact) mass is 233 g/mol. The molecule has 94 valence electrons. The van der Waals surface area contributed by atoms with Gasteiger partial charge in [0.25, 0.3) is 0 Å². The van der Waals surface area contributed by atoms with Gasteiger partial charge in [0.05, 0.1) is 6.10 Å². The van der Waals surface area contributed by atoms with E-state index >= 15 is 0 Å². The Morgan fingerprint density at radius 2 is 2.35 bits per heavy atom. The second-order valence-electron chi connectivity index (χ2n) is 5.01. The molecular weight excluding hydrogens is 210 g/mol. The summed E-state index contributed by atoms with van der Waals surface area (Å²) in [4.78, 5) is 0. The maximum absolute atomic E-state index is 5.62. The zero-order chi connectivity index (χ0) is 12.1. The third-order valence-electron chi connectivity index (χ3n) is 3.48. The Labute approximate surface area is 104 Å². The summed E-state index contributed by atoms with van der Waals surface area (Å²) in [6.45, 7) is 6.37. The fourth-order valence-corrected chi connectivity index (χ4v) is 2.39. The predicted octanol–water partition coefficient (Wildman–Crippen LogP) is 3.21. The Balaban J connectivity index is 1.74. The van der Waals surface area contributed by atoms with Gasteiger partial charge in [0.1, 0.15) is 0 Å². The fraction of sp³-hybridized carbons (Fsp3) is 0.600. The van der Waals surface area contributed by atoms with Crippen LogP contribution in [0.1, 0.15) is 43.4 Å². The van der Waals surface area contributed by atoms with E-state index in [-0.39, 0.29) is 0 Å². The molecule has 1 aromatic rings. The number of aryl methyl sites for hydroxylation is 1. The maximum Gasteiger partial charge on any atom is 0.0588 e. The lowest BCUT2D eigenvalue weighted by Crippen LogP contribution is -2.23. The molecule has 1 fully saturated rings. The lowest BCUT2D eigenvalue weighted by Gasteiger charge is -2.16. The van der Waals surface area contributed by atoms with Crippen molar-refractivity contribution >= 4 is 0 Å². The van der Waals surface area contributed by atoms with E-state index in [0.29, 0.717) is 12.1 Å². The van der Waals surface area contributed by atoms with Gasteiger partial charge in [-0.1, -0.05) is 29.8 Å². The van der Waals surface area contributed by atoms with Crippen LogP contribution in [0.25, 0.3) is 0 Å². The van der Waals surface area contributed by atoms with Gasteiger partial charge in [-0.25, -0.2) is 0 Å². The molecule has 0 radical (unpaired) electrons. The molecule has 2 nitrogen and oxygen atoms in total. The maximum atomic E-state index is 5.62. The fourth-order valence-electron chi connectivity index (χ4n) is 2.39. The van der Waals surface area contributed by atoms with Gasteiger partial charge in [0.2, 0.25) is 0 Å². The van der Waals surface area contributed by atoms with E-state index in [2.05, 4.69) is 43.4 Å². The first-order valence-electron chi connectivity index (χ1n) is 6.67. The van der Waals surface area contributed by atoms with Crippen LogP contribution in [0.3, 0.4) is 0 Å². The molecule has 0 amide bonds. The number of hydrogen-bond donors (Lipinski definition) is 1. The molecule has 1 aliphatic rings. The van der Waals surface area contributed by atoms with Crippen LogP contribution in [0.15, 0.2) is 24.3 Å². The third-order valence-corrected chi connectivity index (χ3v) is 3.48. The van der Waals surface area contributed by atoms with E-state index in [4.69, 9.17) is 4.74 Å². The van der Waals surface area contributed by atoms with Crippen LogP contribution in [0.2, 0.25) is 0 Å². The molecule has 17 heavy (non-hydrogen) atoms. The van der Waals surface area contributed by atoms with Gasteiger partial charge in [-0.05, 0) is 45.2 Å². The molecule has 0 aliphatic carbocycles. The van der Waals surface area contributed by atoms with Gasteiger partial charge in [-0.15, -0.1) is 0 Å². The summed E-state index contributed by atoms with van der Waals surface area (Å²) in [5.41, 5.74) is 2.70. The number of nitrogens with one attached hydrogen (secondary N) is 1. The van der Waals surface area contributed by atoms with Gasteiger partial charge in [0, 0.05) is 12.6 Å². The SMILES string of the molecule is Cc1cccc([C@H](C)NCCC2CCCO2)c1. The van der Waals surface area contributed by atoms with Gasteiger partial charge >= 0.3 is 0 Å². The van der Waals surface area contributed by atoms with Gasteiger partial charge < -0.3 is 10.1 Å². The van der Waals surface area contributed by atoms with Crippen LogP contribution in [0.5, 0.6) is 0 Å². The first-order chi connectivity index (χ1) is 8.25. The minimum Gasteiger partial charge on any atom is -0.378 e. The van der Waals surface area contributed by atoms with Crippen molar-refractivity contribution in [3.8, 4) is 0 Å². The van der Waals surface area contributed by atoms with E-state index in [1.807, 2.05) is 0 Å². The summed E-state index contributed by atoms with van der Waals surface area (Å²) in [5.74, 6) is 0. The van der Waals surface area contributed by atoms with E-state index in [0.717, 1.165) is 19.6 Å². The van der Waals surface area contributed by atoms with Crippen LogP contribution in [-0.2, 0) is 4.74 Å². The molecule has 0 spiro atoms. The standard InChI is InChI=1S/C15H23NO/c1-12-5-3-6-14(11-12)13(2)16-9-8-15-7-4-10-17-15/h3,5-6,11,13,15-16H,4,7-10H2,1-2H3/t13-,15?/m0/s1. The highest BCUT2D eigenvalue weighted by molar-refractivity contribution is 5.24. The summed E-state index contributed by atoms with van der Waals surface area (Å²) in [7, 11) is 0. The highest BCUT2D eigenvalue weighted by Crippen LogP contribution is 2.16. The number of benzene rings is 1. The molecule has 1 saturated heterocycles. The lowest BCUT2D eigenvalue weighted by atomic mass is 10.1. The molecule has 1 aliphatic heterocycles. The zero-order valence-electron chi connectivity index (χ0n) is 10.9. The third kappa shape index (κ3) is 3.83. The zero-order valence-corrected chi connectivity index (χ0v) is 10.9. The summed E-state index contributed by atoms with van der Waals surface area (Å²) in [5, 5.41) is 3.57. The molecule has 0 bridgehead atoms. The number of hydrogen-bond acceptors (Lipinski definition) is 2. The smallest absolute Gasteiger partial charge is 0.0588 e. The Hall–Kier alpha value is -0.860. The van der Waals surface area contributed by atoms with Crippen LogP contribution >= 0.6 is 0 Å². The second kappa shape index (κ2) is 6.18. The van der Waals surface area contributed by atoms with Crippen molar-refractivity contribution in [3.63, 3.8) is 0 Å². The van der Waals surface area contributed by atoms with Crippen molar-refractivity contribution in [1.82, 2.24) is 5.32 Å². The van der Waals surface area contributed by atoms with E-state index < -0.39 is 0 Å². The molecule has 0 saturated carbocycles. The summed E-state index contributed by atoms with van der Waals surface area (Å²) in [6.07, 6.45) is 4.10. The predicted molar refractivity (Wildman–Crippen MR) is 71.2 cm³/mol. The molecule has 1 aromatic carbocycles. The van der Waals surface area contributed by atoms with Crippen molar-refractivity contribution in [2.24, 2.45) is 0 Å². The Morgan fingerprint density at radius 3 is 3.06 bits per heavy atom. The summed E-state index contributed by atoms with van der Waals surface area (Å²) >= 11 is 0. The van der Waals surface area contributed by atoms with Gasteiger partial charge in [-0.3, -0.25) is 0 Å². The van der Waals surface area contributed by atoms with Crippen molar-refractivity contribution in [2.75, 3.05) is 13.2 Å². The molecule has 0 aromatic heterocycles. The van der Waals surface area contributed by atoms with Crippen molar-refractivity contribution in [3.05, 3.63) is 35.4 Å². The average Bonchev–Trinajstić information content (AvgIpc) is 2.82. The van der Waals surface area contributed by atoms with Crippen LogP contribution in [0.4, 0.5) is 0 Å². The minimum absolute atomic E-state index is 0.427. The quantitative estimate of drug-likeness (QED) is 0.843. The minimum atomic E-state index is 0.427. The average molecular weight is 233 g/mol. The Bertz CT molecular complexity index is 345. The molecule has 2 atom stereocenters. The topological polar surface area (TPSA) is 21.3 Å². The Morgan fingerprint density at radius 1 is 1.47 bits per heavy atom. The lowest BCUT2D eigenvalue weighted by molar-refractivity contribution is 0.103. The molecule has 1 heterocycles. The second-order valence-corrected chi connectivity index (χ2v) is 5.01. The van der Waals surface area contributed by atoms with Gasteiger partial charge in [-0.2, -0.15) is 0 Å². The van der Waals surface area contributed by atoms with E-state index in [9.17, 15) is 0 Å². The van der Waals surface area contributed by atoms with Crippen molar-refractivity contribution in [2.45, 2.75) is 45.3 Å². The summed E-state index contributed by atoms with van der Waals surface area (Å²) < 4.78 is 5.62. The molecular formula is C15H23NO. The number of ether oxygens (including phenoxy) is 1. The van der Waals surface area contributed by atoms with Crippen LogP contribution in [0, 0.1) is 6.92 Å². The van der Waals surface area contributed by atoms with Crippen molar-refractivity contribution < 1.29 is 4.74 Å². The first-order valence-corrected chi connectivity index (χ1v) is 6.67. The van der Waals surface area contributed by atoms with Gasteiger partial charge in [0.15, 0.2) is 0 Å². The highest BCUT2D eigenvalue weighted by atomic mass is 16.5. The first kappa shape index (κ1) is 12.6. The Kier molecular flexibility index (Phi) is 4.57. The molecule has 2 rings (SSSR count). The number of rotatable bonds is 5. The van der Waals surface area contributed by atoms with E-state index in [1.54, 1.807) is 0 Å². The van der Waals surface area contributed by atoms with Crippen LogP contribution < -0.4 is 5.32 Å². The highest BCUT2D eigenvalue weighted by Gasteiger charge is 2.15.